The third kappa shape index (κ3) is 4.38. The molecule has 0 amide bonds. The first kappa shape index (κ1) is 20.3. The summed E-state index contributed by atoms with van der Waals surface area (Å²) in [6.45, 7) is 1.20. The number of rotatable bonds is 7. The van der Waals surface area contributed by atoms with Gasteiger partial charge in [0.2, 0.25) is 11.2 Å². The summed E-state index contributed by atoms with van der Waals surface area (Å²) in [4.78, 5) is 24.1. The van der Waals surface area contributed by atoms with Crippen LogP contribution in [0.15, 0.2) is 56.1 Å². The standard InChI is InChI=1S/C21H19FO7/c1-2-27-19(25)10-14(21-20(26)16(24)9-12(11-23)28-21)18-8-7-17(29-18)13-5-3-4-6-15(13)22/h3-9,14,23,26H,2,10-11H2,1H3. The quantitative estimate of drug-likeness (QED) is 0.583. The summed E-state index contributed by atoms with van der Waals surface area (Å²) in [7, 11) is 0. The summed E-state index contributed by atoms with van der Waals surface area (Å²) in [6, 6.07) is 9.96. The van der Waals surface area contributed by atoms with Gasteiger partial charge in [-0.2, -0.15) is 0 Å². The molecule has 0 spiro atoms. The fraction of sp³-hybridized carbons (Fsp3) is 0.238. The molecule has 1 atom stereocenters. The highest BCUT2D eigenvalue weighted by molar-refractivity contribution is 5.71. The van der Waals surface area contributed by atoms with E-state index in [4.69, 9.17) is 13.6 Å². The van der Waals surface area contributed by atoms with Crippen molar-refractivity contribution >= 4 is 5.97 Å². The Hall–Kier alpha value is -3.39. The fourth-order valence-electron chi connectivity index (χ4n) is 2.92. The molecule has 0 aliphatic heterocycles. The van der Waals surface area contributed by atoms with Crippen LogP contribution >= 0.6 is 0 Å². The van der Waals surface area contributed by atoms with E-state index in [1.807, 2.05) is 0 Å². The minimum absolute atomic E-state index is 0.0856. The average Bonchev–Trinajstić information content (AvgIpc) is 3.18. The number of hydrogen-bond acceptors (Lipinski definition) is 7. The summed E-state index contributed by atoms with van der Waals surface area (Å²) in [5.41, 5.74) is -0.562. The number of furan rings is 1. The molecule has 2 aromatic heterocycles. The Morgan fingerprint density at radius 1 is 1.21 bits per heavy atom. The van der Waals surface area contributed by atoms with Gasteiger partial charge in [0.05, 0.1) is 24.5 Å². The lowest BCUT2D eigenvalue weighted by Crippen LogP contribution is -2.14. The zero-order valence-electron chi connectivity index (χ0n) is 15.6. The molecule has 3 rings (SSSR count). The second-order valence-corrected chi connectivity index (χ2v) is 6.19. The minimum atomic E-state index is -1.02. The van der Waals surface area contributed by atoms with Crippen molar-refractivity contribution in [3.63, 3.8) is 0 Å². The Kier molecular flexibility index (Phi) is 6.13. The van der Waals surface area contributed by atoms with Crippen molar-refractivity contribution < 1.29 is 33.0 Å². The number of ether oxygens (including phenoxy) is 1. The van der Waals surface area contributed by atoms with Crippen LogP contribution in [-0.2, 0) is 16.1 Å². The van der Waals surface area contributed by atoms with Crippen LogP contribution in [0, 0.1) is 5.82 Å². The zero-order valence-corrected chi connectivity index (χ0v) is 15.6. The topological polar surface area (TPSA) is 110 Å². The highest BCUT2D eigenvalue weighted by Crippen LogP contribution is 2.36. The van der Waals surface area contributed by atoms with Crippen molar-refractivity contribution in [2.24, 2.45) is 0 Å². The average molecular weight is 402 g/mol. The van der Waals surface area contributed by atoms with Gasteiger partial charge in [0.1, 0.15) is 29.7 Å². The molecule has 2 heterocycles. The fourth-order valence-corrected chi connectivity index (χ4v) is 2.92. The molecule has 7 nitrogen and oxygen atoms in total. The maximum Gasteiger partial charge on any atom is 0.306 e. The molecule has 0 radical (unpaired) electrons. The van der Waals surface area contributed by atoms with Crippen LogP contribution in [0.1, 0.15) is 36.5 Å². The number of aliphatic hydroxyl groups excluding tert-OH is 1. The maximum atomic E-state index is 14.1. The largest absolute Gasteiger partial charge is 0.502 e. The van der Waals surface area contributed by atoms with Gasteiger partial charge in [-0.25, -0.2) is 4.39 Å². The molecule has 0 fully saturated rings. The number of halogens is 1. The minimum Gasteiger partial charge on any atom is -0.502 e. The van der Waals surface area contributed by atoms with E-state index in [1.54, 1.807) is 19.1 Å². The Balaban J connectivity index is 2.08. The Morgan fingerprint density at radius 3 is 2.66 bits per heavy atom. The van der Waals surface area contributed by atoms with Crippen molar-refractivity contribution in [1.82, 2.24) is 0 Å². The van der Waals surface area contributed by atoms with Crippen LogP contribution in [0.2, 0.25) is 0 Å². The molecule has 152 valence electrons. The summed E-state index contributed by atoms with van der Waals surface area (Å²) in [5.74, 6) is -2.81. The number of carbonyl (C=O) groups excluding carboxylic acids is 1. The first-order chi connectivity index (χ1) is 13.9. The van der Waals surface area contributed by atoms with Crippen LogP contribution in [0.5, 0.6) is 5.75 Å². The third-order valence-corrected chi connectivity index (χ3v) is 4.26. The molecular formula is C21H19FO7. The molecule has 3 aromatic rings. The monoisotopic (exact) mass is 402 g/mol. The molecule has 0 saturated heterocycles. The van der Waals surface area contributed by atoms with Crippen LogP contribution in [-0.4, -0.2) is 22.8 Å². The molecule has 0 saturated carbocycles. The van der Waals surface area contributed by atoms with E-state index < -0.39 is 35.5 Å². The van der Waals surface area contributed by atoms with Gasteiger partial charge < -0.3 is 23.8 Å². The van der Waals surface area contributed by atoms with Crippen molar-refractivity contribution in [1.29, 1.82) is 0 Å². The highest BCUT2D eigenvalue weighted by Gasteiger charge is 2.29. The van der Waals surface area contributed by atoms with Gasteiger partial charge in [0.25, 0.3) is 0 Å². The molecule has 29 heavy (non-hydrogen) atoms. The van der Waals surface area contributed by atoms with Crippen molar-refractivity contribution in [3.8, 4) is 17.1 Å². The van der Waals surface area contributed by atoms with Crippen LogP contribution < -0.4 is 5.43 Å². The predicted molar refractivity (Wildman–Crippen MR) is 99.8 cm³/mol. The van der Waals surface area contributed by atoms with E-state index in [2.05, 4.69) is 0 Å². The van der Waals surface area contributed by atoms with Gasteiger partial charge in [0.15, 0.2) is 5.76 Å². The van der Waals surface area contributed by atoms with E-state index in [9.17, 15) is 24.2 Å². The Morgan fingerprint density at radius 2 is 1.97 bits per heavy atom. The number of hydrogen-bond donors (Lipinski definition) is 2. The smallest absolute Gasteiger partial charge is 0.306 e. The zero-order chi connectivity index (χ0) is 21.0. The van der Waals surface area contributed by atoms with Crippen LogP contribution in [0.4, 0.5) is 4.39 Å². The van der Waals surface area contributed by atoms with Crippen LogP contribution in [0.25, 0.3) is 11.3 Å². The highest BCUT2D eigenvalue weighted by atomic mass is 19.1. The van der Waals surface area contributed by atoms with Crippen molar-refractivity contribution in [2.45, 2.75) is 25.9 Å². The number of esters is 1. The normalized spacial score (nSPS) is 12.0. The number of carbonyl (C=O) groups is 1. The first-order valence-corrected chi connectivity index (χ1v) is 8.91. The molecule has 2 N–H and O–H groups in total. The molecule has 0 aliphatic carbocycles. The third-order valence-electron chi connectivity index (χ3n) is 4.26. The lowest BCUT2D eigenvalue weighted by atomic mass is 9.98. The molecule has 0 aliphatic rings. The second kappa shape index (κ2) is 8.74. The summed E-state index contributed by atoms with van der Waals surface area (Å²) < 4.78 is 30.2. The van der Waals surface area contributed by atoms with Gasteiger partial charge in [0, 0.05) is 6.07 Å². The number of aromatic hydroxyl groups is 1. The number of benzene rings is 1. The molecule has 0 bridgehead atoms. The van der Waals surface area contributed by atoms with Crippen molar-refractivity contribution in [2.75, 3.05) is 6.61 Å². The van der Waals surface area contributed by atoms with Gasteiger partial charge in [-0.05, 0) is 31.2 Å². The SMILES string of the molecule is CCOC(=O)CC(c1ccc(-c2ccccc2F)o1)c1oc(CO)cc(=O)c1O. The maximum absolute atomic E-state index is 14.1. The first-order valence-electron chi connectivity index (χ1n) is 8.91. The Labute approximate surface area is 165 Å². The summed E-state index contributed by atoms with van der Waals surface area (Å²) >= 11 is 0. The van der Waals surface area contributed by atoms with E-state index in [0.717, 1.165) is 6.07 Å². The summed E-state index contributed by atoms with van der Waals surface area (Å²) in [6.07, 6.45) is -0.302. The van der Waals surface area contributed by atoms with E-state index >= 15 is 0 Å². The van der Waals surface area contributed by atoms with Gasteiger partial charge in [-0.3, -0.25) is 9.59 Å². The van der Waals surface area contributed by atoms with Crippen molar-refractivity contribution in [3.05, 3.63) is 75.8 Å². The van der Waals surface area contributed by atoms with E-state index in [-0.39, 0.29) is 41.6 Å². The molecular weight excluding hydrogens is 383 g/mol. The van der Waals surface area contributed by atoms with Gasteiger partial charge in [-0.15, -0.1) is 0 Å². The summed E-state index contributed by atoms with van der Waals surface area (Å²) in [5, 5.41) is 19.5. The van der Waals surface area contributed by atoms with Crippen LogP contribution in [0.3, 0.4) is 0 Å². The lowest BCUT2D eigenvalue weighted by molar-refractivity contribution is -0.143. The van der Waals surface area contributed by atoms with Gasteiger partial charge in [-0.1, -0.05) is 12.1 Å². The molecule has 8 heteroatoms. The van der Waals surface area contributed by atoms with E-state index in [1.165, 1.54) is 24.3 Å². The molecule has 1 aromatic carbocycles. The van der Waals surface area contributed by atoms with Gasteiger partial charge >= 0.3 is 5.97 Å². The predicted octanol–water partition coefficient (Wildman–Crippen LogP) is 3.32. The van der Waals surface area contributed by atoms with E-state index in [0.29, 0.717) is 0 Å². The Bertz CT molecular complexity index is 1070. The lowest BCUT2D eigenvalue weighted by Gasteiger charge is -2.15. The number of aliphatic hydroxyl groups is 1. The second-order valence-electron chi connectivity index (χ2n) is 6.19. The molecule has 1 unspecified atom stereocenters.